The molecule has 4 nitrogen and oxygen atoms in total. The van der Waals surface area contributed by atoms with Gasteiger partial charge in [-0.25, -0.2) is 0 Å². The number of ether oxygens (including phenoxy) is 1. The number of quaternary nitrogens is 1. The van der Waals surface area contributed by atoms with Crippen LogP contribution < -0.4 is 15.0 Å². The highest BCUT2D eigenvalue weighted by atomic mass is 16.5. The van der Waals surface area contributed by atoms with E-state index in [1.54, 1.807) is 0 Å². The topological polar surface area (TPSA) is 42.8 Å². The van der Waals surface area contributed by atoms with Crippen molar-refractivity contribution in [2.75, 3.05) is 26.7 Å². The Balaban J connectivity index is 1.62. The molecule has 1 fully saturated rings. The molecule has 1 atom stereocenters. The predicted molar refractivity (Wildman–Crippen MR) is 74.5 cm³/mol. The van der Waals surface area contributed by atoms with Crippen LogP contribution in [0.2, 0.25) is 0 Å². The average molecular weight is 263 g/mol. The number of nitrogens with one attached hydrogen (secondary N) is 2. The SMILES string of the molecule is Cc1cccc(OCC[NH+](C)CC(=O)NC2CC2)c1. The molecular formula is C15H23N2O2+. The summed E-state index contributed by atoms with van der Waals surface area (Å²) in [5, 5.41) is 3.00. The van der Waals surface area contributed by atoms with Crippen LogP contribution in [0.25, 0.3) is 0 Å². The van der Waals surface area contributed by atoms with Crippen molar-refractivity contribution in [1.82, 2.24) is 5.32 Å². The zero-order valence-electron chi connectivity index (χ0n) is 11.7. The first-order valence-corrected chi connectivity index (χ1v) is 6.93. The minimum atomic E-state index is 0.149. The van der Waals surface area contributed by atoms with E-state index in [2.05, 4.69) is 5.32 Å². The fourth-order valence-corrected chi connectivity index (χ4v) is 1.92. The monoisotopic (exact) mass is 263 g/mol. The molecule has 1 aliphatic carbocycles. The van der Waals surface area contributed by atoms with Gasteiger partial charge in [-0.2, -0.15) is 0 Å². The quantitative estimate of drug-likeness (QED) is 0.736. The lowest BCUT2D eigenvalue weighted by molar-refractivity contribution is -0.871. The number of hydrogen-bond donors (Lipinski definition) is 2. The van der Waals surface area contributed by atoms with Crippen LogP contribution in [-0.2, 0) is 4.79 Å². The molecule has 1 amide bonds. The van der Waals surface area contributed by atoms with E-state index >= 15 is 0 Å². The van der Waals surface area contributed by atoms with Gasteiger partial charge in [0, 0.05) is 6.04 Å². The molecule has 1 aliphatic rings. The van der Waals surface area contributed by atoms with Crippen molar-refractivity contribution < 1.29 is 14.4 Å². The molecule has 2 rings (SSSR count). The van der Waals surface area contributed by atoms with Crippen molar-refractivity contribution >= 4 is 5.91 Å². The first-order chi connectivity index (χ1) is 9.13. The lowest BCUT2D eigenvalue weighted by Gasteiger charge is -2.14. The molecule has 0 heterocycles. The van der Waals surface area contributed by atoms with Gasteiger partial charge in [-0.3, -0.25) is 4.79 Å². The van der Waals surface area contributed by atoms with Crippen molar-refractivity contribution in [2.24, 2.45) is 0 Å². The second-order valence-corrected chi connectivity index (χ2v) is 5.39. The van der Waals surface area contributed by atoms with E-state index < -0.39 is 0 Å². The average Bonchev–Trinajstić information content (AvgIpc) is 3.12. The highest BCUT2D eigenvalue weighted by Gasteiger charge is 2.24. The summed E-state index contributed by atoms with van der Waals surface area (Å²) in [6, 6.07) is 8.47. The normalized spacial score (nSPS) is 15.9. The highest BCUT2D eigenvalue weighted by molar-refractivity contribution is 5.77. The van der Waals surface area contributed by atoms with Gasteiger partial charge >= 0.3 is 0 Å². The third kappa shape index (κ3) is 5.30. The highest BCUT2D eigenvalue weighted by Crippen LogP contribution is 2.18. The molecule has 19 heavy (non-hydrogen) atoms. The number of likely N-dealkylation sites (N-methyl/N-ethyl adjacent to an activating group) is 1. The predicted octanol–water partition coefficient (Wildman–Crippen LogP) is 0.167. The lowest BCUT2D eigenvalue weighted by Crippen LogP contribution is -3.10. The Morgan fingerprint density at radius 2 is 2.26 bits per heavy atom. The summed E-state index contributed by atoms with van der Waals surface area (Å²) < 4.78 is 5.68. The molecular weight excluding hydrogens is 240 g/mol. The van der Waals surface area contributed by atoms with Gasteiger partial charge in [-0.1, -0.05) is 12.1 Å². The number of amides is 1. The maximum atomic E-state index is 11.6. The number of carbonyl (C=O) groups is 1. The summed E-state index contributed by atoms with van der Waals surface area (Å²) in [5.41, 5.74) is 1.20. The minimum Gasteiger partial charge on any atom is -0.488 e. The molecule has 0 spiro atoms. The third-order valence-electron chi connectivity index (χ3n) is 3.19. The molecule has 2 N–H and O–H groups in total. The van der Waals surface area contributed by atoms with Gasteiger partial charge in [0.15, 0.2) is 6.54 Å². The fourth-order valence-electron chi connectivity index (χ4n) is 1.92. The maximum absolute atomic E-state index is 11.6. The second-order valence-electron chi connectivity index (χ2n) is 5.39. The van der Waals surface area contributed by atoms with Gasteiger partial charge in [0.05, 0.1) is 7.05 Å². The largest absolute Gasteiger partial charge is 0.488 e. The van der Waals surface area contributed by atoms with Crippen molar-refractivity contribution in [2.45, 2.75) is 25.8 Å². The lowest BCUT2D eigenvalue weighted by atomic mass is 10.2. The second kappa shape index (κ2) is 6.57. The van der Waals surface area contributed by atoms with Gasteiger partial charge in [-0.15, -0.1) is 0 Å². The summed E-state index contributed by atoms with van der Waals surface area (Å²) in [6.07, 6.45) is 2.28. The molecule has 0 aromatic heterocycles. The van der Waals surface area contributed by atoms with Gasteiger partial charge in [0.1, 0.15) is 18.9 Å². The van der Waals surface area contributed by atoms with Crippen molar-refractivity contribution in [3.8, 4) is 5.75 Å². The molecule has 0 aliphatic heterocycles. The summed E-state index contributed by atoms with van der Waals surface area (Å²) >= 11 is 0. The first kappa shape index (κ1) is 13.9. The molecule has 1 aromatic rings. The van der Waals surface area contributed by atoms with Gasteiger partial charge < -0.3 is 15.0 Å². The summed E-state index contributed by atoms with van der Waals surface area (Å²) in [5.74, 6) is 1.05. The van der Waals surface area contributed by atoms with E-state index in [4.69, 9.17) is 4.74 Å². The smallest absolute Gasteiger partial charge is 0.275 e. The molecule has 0 radical (unpaired) electrons. The zero-order chi connectivity index (χ0) is 13.7. The summed E-state index contributed by atoms with van der Waals surface area (Å²) in [4.78, 5) is 12.8. The number of benzene rings is 1. The van der Waals surface area contributed by atoms with Crippen LogP contribution in [0.15, 0.2) is 24.3 Å². The third-order valence-corrected chi connectivity index (χ3v) is 3.19. The fraction of sp³-hybridized carbons (Fsp3) is 0.533. The van der Waals surface area contributed by atoms with Gasteiger partial charge in [0.25, 0.3) is 5.91 Å². The van der Waals surface area contributed by atoms with Crippen LogP contribution in [0.5, 0.6) is 5.75 Å². The molecule has 1 aromatic carbocycles. The molecule has 1 saturated carbocycles. The van der Waals surface area contributed by atoms with Crippen molar-refractivity contribution in [3.05, 3.63) is 29.8 Å². The van der Waals surface area contributed by atoms with Gasteiger partial charge in [0.2, 0.25) is 0 Å². The van der Waals surface area contributed by atoms with Crippen LogP contribution in [0, 0.1) is 6.92 Å². The standard InChI is InChI=1S/C15H22N2O2/c1-12-4-3-5-14(10-12)19-9-8-17(2)11-15(18)16-13-6-7-13/h3-5,10,13H,6-9,11H2,1-2H3,(H,16,18)/p+1. The molecule has 104 valence electrons. The molecule has 4 heteroatoms. The number of aryl methyl sites for hydroxylation is 1. The Bertz CT molecular complexity index is 430. The molecule has 0 bridgehead atoms. The van der Waals surface area contributed by atoms with E-state index in [1.165, 1.54) is 10.5 Å². The Kier molecular flexibility index (Phi) is 4.80. The Labute approximate surface area is 114 Å². The van der Waals surface area contributed by atoms with E-state index in [0.717, 1.165) is 25.1 Å². The first-order valence-electron chi connectivity index (χ1n) is 6.93. The Morgan fingerprint density at radius 1 is 1.47 bits per heavy atom. The van der Waals surface area contributed by atoms with Gasteiger partial charge in [-0.05, 0) is 37.5 Å². The van der Waals surface area contributed by atoms with E-state index in [1.807, 2.05) is 38.2 Å². The van der Waals surface area contributed by atoms with E-state index in [9.17, 15) is 4.79 Å². The molecule has 0 saturated heterocycles. The van der Waals surface area contributed by atoms with Crippen LogP contribution in [0.3, 0.4) is 0 Å². The van der Waals surface area contributed by atoms with Crippen LogP contribution in [0.1, 0.15) is 18.4 Å². The minimum absolute atomic E-state index is 0.149. The number of hydrogen-bond acceptors (Lipinski definition) is 2. The van der Waals surface area contributed by atoms with Crippen molar-refractivity contribution in [3.63, 3.8) is 0 Å². The van der Waals surface area contributed by atoms with Crippen molar-refractivity contribution in [1.29, 1.82) is 0 Å². The number of rotatable bonds is 7. The molecule has 1 unspecified atom stereocenters. The van der Waals surface area contributed by atoms with Crippen LogP contribution in [0.4, 0.5) is 0 Å². The Morgan fingerprint density at radius 3 is 2.95 bits per heavy atom. The summed E-state index contributed by atoms with van der Waals surface area (Å²) in [6.45, 7) is 4.03. The zero-order valence-corrected chi connectivity index (χ0v) is 11.7. The Hall–Kier alpha value is -1.55. The maximum Gasteiger partial charge on any atom is 0.275 e. The van der Waals surface area contributed by atoms with Crippen LogP contribution in [-0.4, -0.2) is 38.7 Å². The van der Waals surface area contributed by atoms with E-state index in [0.29, 0.717) is 19.2 Å². The number of carbonyl (C=O) groups excluding carboxylic acids is 1. The summed E-state index contributed by atoms with van der Waals surface area (Å²) in [7, 11) is 2.02. The van der Waals surface area contributed by atoms with Crippen LogP contribution >= 0.6 is 0 Å². The van der Waals surface area contributed by atoms with E-state index in [-0.39, 0.29) is 5.91 Å².